The molecule has 0 saturated heterocycles. The van der Waals surface area contributed by atoms with Gasteiger partial charge in [0.05, 0.1) is 6.54 Å². The molecule has 0 spiro atoms. The minimum atomic E-state index is -0.145. The second kappa shape index (κ2) is 4.18. The Morgan fingerprint density at radius 2 is 2.53 bits per heavy atom. The Labute approximate surface area is 88.2 Å². The largest absolute Gasteiger partial charge is 0.364 e. The molecular weight excluding hydrogens is 192 g/mol. The number of hydrogen-bond donors (Lipinski definition) is 0. The Morgan fingerprint density at radius 3 is 3.07 bits per heavy atom. The molecule has 1 aromatic heterocycles. The summed E-state index contributed by atoms with van der Waals surface area (Å²) in [7, 11) is 0. The van der Waals surface area contributed by atoms with Crippen molar-refractivity contribution >= 4 is 5.91 Å². The first kappa shape index (κ1) is 9.78. The van der Waals surface area contributed by atoms with Crippen molar-refractivity contribution in [2.24, 2.45) is 5.92 Å². The van der Waals surface area contributed by atoms with E-state index < -0.39 is 0 Å². The van der Waals surface area contributed by atoms with Crippen LogP contribution in [-0.2, 0) is 0 Å². The van der Waals surface area contributed by atoms with Gasteiger partial charge in [-0.25, -0.2) is 0 Å². The minimum Gasteiger partial charge on any atom is -0.364 e. The molecule has 0 atom stereocenters. The molecule has 4 heteroatoms. The van der Waals surface area contributed by atoms with Crippen LogP contribution in [0.1, 0.15) is 23.3 Å². The average Bonchev–Trinajstić information content (AvgIpc) is 2.88. The standard InChI is InChI=1S/C11H12N2O2/c1-2-6-13(8-9-3-4-9)11(14)10-5-7-15-12-10/h1,5,7,9H,3-4,6,8H2. The number of nitrogens with zero attached hydrogens (tertiary/aromatic N) is 2. The second-order valence-corrected chi connectivity index (χ2v) is 3.72. The van der Waals surface area contributed by atoms with Crippen molar-refractivity contribution in [1.29, 1.82) is 0 Å². The number of carbonyl (C=O) groups excluding carboxylic acids is 1. The molecule has 2 rings (SSSR count). The van der Waals surface area contributed by atoms with Crippen LogP contribution in [-0.4, -0.2) is 29.1 Å². The number of carbonyl (C=O) groups is 1. The highest BCUT2D eigenvalue weighted by Crippen LogP contribution is 2.29. The van der Waals surface area contributed by atoms with E-state index in [4.69, 9.17) is 6.42 Å². The molecule has 0 radical (unpaired) electrons. The predicted octanol–water partition coefficient (Wildman–Crippen LogP) is 1.16. The van der Waals surface area contributed by atoms with E-state index in [9.17, 15) is 4.79 Å². The van der Waals surface area contributed by atoms with Gasteiger partial charge < -0.3 is 9.42 Å². The highest BCUT2D eigenvalue weighted by atomic mass is 16.5. The molecule has 0 N–H and O–H groups in total. The summed E-state index contributed by atoms with van der Waals surface area (Å²) in [6.07, 6.45) is 8.99. The summed E-state index contributed by atoms with van der Waals surface area (Å²) >= 11 is 0. The van der Waals surface area contributed by atoms with Gasteiger partial charge in [0, 0.05) is 12.6 Å². The van der Waals surface area contributed by atoms with Gasteiger partial charge in [0.25, 0.3) is 5.91 Å². The van der Waals surface area contributed by atoms with Crippen molar-refractivity contribution in [3.05, 3.63) is 18.0 Å². The van der Waals surface area contributed by atoms with Crippen molar-refractivity contribution in [3.63, 3.8) is 0 Å². The van der Waals surface area contributed by atoms with Crippen molar-refractivity contribution in [2.45, 2.75) is 12.8 Å². The number of amides is 1. The quantitative estimate of drug-likeness (QED) is 0.691. The van der Waals surface area contributed by atoms with E-state index >= 15 is 0 Å². The third-order valence-electron chi connectivity index (χ3n) is 2.40. The van der Waals surface area contributed by atoms with E-state index in [1.807, 2.05) is 0 Å². The lowest BCUT2D eigenvalue weighted by molar-refractivity contribution is 0.0759. The van der Waals surface area contributed by atoms with E-state index in [2.05, 4.69) is 15.6 Å². The third kappa shape index (κ3) is 2.38. The molecule has 1 aliphatic carbocycles. The molecule has 0 bridgehead atoms. The predicted molar refractivity (Wildman–Crippen MR) is 54.0 cm³/mol. The number of terminal acetylenes is 1. The smallest absolute Gasteiger partial charge is 0.276 e. The maximum absolute atomic E-state index is 11.9. The van der Waals surface area contributed by atoms with E-state index in [0.717, 1.165) is 6.54 Å². The zero-order valence-electron chi connectivity index (χ0n) is 8.35. The van der Waals surface area contributed by atoms with E-state index in [1.54, 1.807) is 11.0 Å². The first-order chi connectivity index (χ1) is 7.31. The Balaban J connectivity index is 2.03. The number of rotatable bonds is 4. The normalized spacial score (nSPS) is 14.6. The second-order valence-electron chi connectivity index (χ2n) is 3.72. The number of aromatic nitrogens is 1. The molecule has 4 nitrogen and oxygen atoms in total. The topological polar surface area (TPSA) is 46.3 Å². The first-order valence-corrected chi connectivity index (χ1v) is 4.94. The fraction of sp³-hybridized carbons (Fsp3) is 0.455. The molecule has 1 saturated carbocycles. The van der Waals surface area contributed by atoms with E-state index in [0.29, 0.717) is 18.2 Å². The summed E-state index contributed by atoms with van der Waals surface area (Å²) in [4.78, 5) is 13.5. The van der Waals surface area contributed by atoms with Crippen LogP contribution in [0, 0.1) is 18.3 Å². The summed E-state index contributed by atoms with van der Waals surface area (Å²) in [5.41, 5.74) is 0.325. The van der Waals surface area contributed by atoms with Crippen LogP contribution in [0.4, 0.5) is 0 Å². The molecular formula is C11H12N2O2. The molecule has 15 heavy (non-hydrogen) atoms. The average molecular weight is 204 g/mol. The van der Waals surface area contributed by atoms with Gasteiger partial charge in [-0.2, -0.15) is 0 Å². The van der Waals surface area contributed by atoms with Crippen LogP contribution < -0.4 is 0 Å². The summed E-state index contributed by atoms with van der Waals surface area (Å²) < 4.78 is 4.64. The van der Waals surface area contributed by atoms with E-state index in [1.165, 1.54) is 19.1 Å². The lowest BCUT2D eigenvalue weighted by Crippen LogP contribution is -2.33. The van der Waals surface area contributed by atoms with Crippen molar-refractivity contribution in [2.75, 3.05) is 13.1 Å². The summed E-state index contributed by atoms with van der Waals surface area (Å²) in [6.45, 7) is 1.07. The molecule has 1 fully saturated rings. The van der Waals surface area contributed by atoms with Crippen LogP contribution in [0.5, 0.6) is 0 Å². The van der Waals surface area contributed by atoms with Gasteiger partial charge in [0.15, 0.2) is 5.69 Å². The highest BCUT2D eigenvalue weighted by Gasteiger charge is 2.27. The van der Waals surface area contributed by atoms with Gasteiger partial charge in [-0.1, -0.05) is 11.1 Å². The van der Waals surface area contributed by atoms with Gasteiger partial charge in [-0.15, -0.1) is 6.42 Å². The van der Waals surface area contributed by atoms with Crippen molar-refractivity contribution in [1.82, 2.24) is 10.1 Å². The number of hydrogen-bond acceptors (Lipinski definition) is 3. The van der Waals surface area contributed by atoms with Crippen molar-refractivity contribution in [3.8, 4) is 12.3 Å². The fourth-order valence-corrected chi connectivity index (χ4v) is 1.43. The molecule has 0 aliphatic heterocycles. The molecule has 1 amide bonds. The minimum absolute atomic E-state index is 0.145. The Bertz CT molecular complexity index is 374. The molecule has 1 aliphatic rings. The maximum Gasteiger partial charge on any atom is 0.276 e. The summed E-state index contributed by atoms with van der Waals surface area (Å²) in [6, 6.07) is 1.55. The molecule has 1 aromatic rings. The van der Waals surface area contributed by atoms with Crippen molar-refractivity contribution < 1.29 is 9.32 Å². The van der Waals surface area contributed by atoms with Gasteiger partial charge in [0.1, 0.15) is 6.26 Å². The Morgan fingerprint density at radius 1 is 1.73 bits per heavy atom. The zero-order chi connectivity index (χ0) is 10.7. The van der Waals surface area contributed by atoms with Crippen LogP contribution in [0.25, 0.3) is 0 Å². The monoisotopic (exact) mass is 204 g/mol. The lowest BCUT2D eigenvalue weighted by Gasteiger charge is -2.18. The maximum atomic E-state index is 11.9. The van der Waals surface area contributed by atoms with Gasteiger partial charge in [-0.3, -0.25) is 4.79 Å². The lowest BCUT2D eigenvalue weighted by atomic mass is 10.3. The molecule has 1 heterocycles. The van der Waals surface area contributed by atoms with Crippen LogP contribution in [0.2, 0.25) is 0 Å². The Hall–Kier alpha value is -1.76. The third-order valence-corrected chi connectivity index (χ3v) is 2.40. The van der Waals surface area contributed by atoms with Gasteiger partial charge in [-0.05, 0) is 18.8 Å². The SMILES string of the molecule is C#CCN(CC1CC1)C(=O)c1ccon1. The van der Waals surface area contributed by atoms with Gasteiger partial charge in [0.2, 0.25) is 0 Å². The Kier molecular flexibility index (Phi) is 2.72. The first-order valence-electron chi connectivity index (χ1n) is 4.94. The van der Waals surface area contributed by atoms with Crippen LogP contribution in [0.3, 0.4) is 0 Å². The summed E-state index contributed by atoms with van der Waals surface area (Å²) in [5.74, 6) is 2.97. The van der Waals surface area contributed by atoms with Crippen LogP contribution >= 0.6 is 0 Å². The molecule has 0 unspecified atom stereocenters. The zero-order valence-corrected chi connectivity index (χ0v) is 8.35. The molecule has 78 valence electrons. The summed E-state index contributed by atoms with van der Waals surface area (Å²) in [5, 5.41) is 3.61. The highest BCUT2D eigenvalue weighted by molar-refractivity contribution is 5.92. The van der Waals surface area contributed by atoms with E-state index in [-0.39, 0.29) is 5.91 Å². The van der Waals surface area contributed by atoms with Gasteiger partial charge >= 0.3 is 0 Å². The van der Waals surface area contributed by atoms with Crippen LogP contribution in [0.15, 0.2) is 16.9 Å². The fourth-order valence-electron chi connectivity index (χ4n) is 1.43. The molecule has 0 aromatic carbocycles.